The van der Waals surface area contributed by atoms with E-state index in [1.165, 1.54) is 19.3 Å². The summed E-state index contributed by atoms with van der Waals surface area (Å²) in [6, 6.07) is 0. The third-order valence-electron chi connectivity index (χ3n) is 2.05. The predicted molar refractivity (Wildman–Crippen MR) is 41.3 cm³/mol. The molecule has 0 unspecified atom stereocenters. The molecule has 0 heterocycles. The molecule has 0 aromatic carbocycles. The standard InChI is InChI=1S/C9H16/c1-3-4-5-9-6-8(2)7-9/h4-5,8-9H,3,6-7H2,1-2H3. The maximum absolute atomic E-state index is 2.38. The summed E-state index contributed by atoms with van der Waals surface area (Å²) in [6.07, 6.45) is 8.72. The third kappa shape index (κ3) is 1.85. The molecule has 1 aliphatic rings. The van der Waals surface area contributed by atoms with Crippen LogP contribution in [0.5, 0.6) is 0 Å². The van der Waals surface area contributed by atoms with E-state index in [0.29, 0.717) is 0 Å². The average molecular weight is 124 g/mol. The van der Waals surface area contributed by atoms with E-state index in [4.69, 9.17) is 0 Å². The van der Waals surface area contributed by atoms with Gasteiger partial charge in [-0.2, -0.15) is 0 Å². The zero-order valence-electron chi connectivity index (χ0n) is 6.43. The second-order valence-corrected chi connectivity index (χ2v) is 3.17. The summed E-state index contributed by atoms with van der Waals surface area (Å²) >= 11 is 0. The summed E-state index contributed by atoms with van der Waals surface area (Å²) in [6.45, 7) is 4.52. The first kappa shape index (κ1) is 6.85. The minimum absolute atomic E-state index is 0.931. The van der Waals surface area contributed by atoms with E-state index in [-0.39, 0.29) is 0 Å². The SMILES string of the molecule is CCC=CC1CC(C)C1. The molecule has 1 rings (SSSR count). The summed E-state index contributed by atoms with van der Waals surface area (Å²) in [5.74, 6) is 1.93. The topological polar surface area (TPSA) is 0 Å². The third-order valence-corrected chi connectivity index (χ3v) is 2.05. The van der Waals surface area contributed by atoms with Gasteiger partial charge < -0.3 is 0 Å². The highest BCUT2D eigenvalue weighted by Gasteiger charge is 2.21. The first-order valence-corrected chi connectivity index (χ1v) is 3.99. The predicted octanol–water partition coefficient (Wildman–Crippen LogP) is 3.00. The smallest absolute Gasteiger partial charge is 0.0228 e. The van der Waals surface area contributed by atoms with Gasteiger partial charge >= 0.3 is 0 Å². The average Bonchev–Trinajstić information content (AvgIpc) is 1.78. The van der Waals surface area contributed by atoms with Crippen LogP contribution in [0.1, 0.15) is 33.1 Å². The van der Waals surface area contributed by atoms with Crippen molar-refractivity contribution in [2.24, 2.45) is 11.8 Å². The molecule has 0 bridgehead atoms. The van der Waals surface area contributed by atoms with E-state index >= 15 is 0 Å². The van der Waals surface area contributed by atoms with Crippen molar-refractivity contribution in [1.29, 1.82) is 0 Å². The lowest BCUT2D eigenvalue weighted by molar-refractivity contribution is 0.262. The first-order chi connectivity index (χ1) is 4.33. The molecule has 0 aliphatic heterocycles. The van der Waals surface area contributed by atoms with Crippen molar-refractivity contribution in [3.05, 3.63) is 12.2 Å². The largest absolute Gasteiger partial charge is 0.0885 e. The van der Waals surface area contributed by atoms with Gasteiger partial charge in [0.05, 0.1) is 0 Å². The Kier molecular flexibility index (Phi) is 2.32. The fraction of sp³-hybridized carbons (Fsp3) is 0.778. The first-order valence-electron chi connectivity index (χ1n) is 3.99. The molecule has 1 saturated carbocycles. The van der Waals surface area contributed by atoms with E-state index in [0.717, 1.165) is 11.8 Å². The molecule has 0 nitrogen and oxygen atoms in total. The van der Waals surface area contributed by atoms with Crippen LogP contribution in [0.3, 0.4) is 0 Å². The molecule has 0 amide bonds. The molecular weight excluding hydrogens is 108 g/mol. The Morgan fingerprint density at radius 1 is 1.44 bits per heavy atom. The van der Waals surface area contributed by atoms with Crippen LogP contribution < -0.4 is 0 Å². The lowest BCUT2D eigenvalue weighted by Gasteiger charge is -2.29. The van der Waals surface area contributed by atoms with Crippen molar-refractivity contribution in [3.8, 4) is 0 Å². The molecule has 0 radical (unpaired) electrons. The highest BCUT2D eigenvalue weighted by Crippen LogP contribution is 2.33. The zero-order valence-corrected chi connectivity index (χ0v) is 6.43. The van der Waals surface area contributed by atoms with Crippen LogP contribution in [-0.2, 0) is 0 Å². The van der Waals surface area contributed by atoms with Gasteiger partial charge in [0.15, 0.2) is 0 Å². The van der Waals surface area contributed by atoms with Gasteiger partial charge in [0.2, 0.25) is 0 Å². The number of allylic oxidation sites excluding steroid dienone is 2. The van der Waals surface area contributed by atoms with Crippen LogP contribution in [-0.4, -0.2) is 0 Å². The van der Waals surface area contributed by atoms with Gasteiger partial charge in [0.25, 0.3) is 0 Å². The Morgan fingerprint density at radius 3 is 2.56 bits per heavy atom. The number of rotatable bonds is 2. The molecule has 0 N–H and O–H groups in total. The Hall–Kier alpha value is -0.260. The minimum atomic E-state index is 0.931. The van der Waals surface area contributed by atoms with Gasteiger partial charge in [-0.25, -0.2) is 0 Å². The normalized spacial score (nSPS) is 34.9. The molecule has 0 heteroatoms. The summed E-state index contributed by atoms with van der Waals surface area (Å²) < 4.78 is 0. The molecule has 52 valence electrons. The molecule has 1 aliphatic carbocycles. The molecule has 0 aromatic heterocycles. The Balaban J connectivity index is 2.10. The van der Waals surface area contributed by atoms with Gasteiger partial charge in [-0.05, 0) is 31.1 Å². The Morgan fingerprint density at radius 2 is 2.11 bits per heavy atom. The summed E-state index contributed by atoms with van der Waals surface area (Å²) in [5, 5.41) is 0. The molecule has 0 spiro atoms. The number of hydrogen-bond donors (Lipinski definition) is 0. The highest BCUT2D eigenvalue weighted by atomic mass is 14.3. The zero-order chi connectivity index (χ0) is 6.69. The Bertz CT molecular complexity index is 96.6. The van der Waals surface area contributed by atoms with Crippen molar-refractivity contribution in [2.75, 3.05) is 0 Å². The molecule has 0 aromatic rings. The van der Waals surface area contributed by atoms with Crippen molar-refractivity contribution < 1.29 is 0 Å². The second kappa shape index (κ2) is 3.05. The fourth-order valence-corrected chi connectivity index (χ4v) is 1.45. The maximum Gasteiger partial charge on any atom is -0.0228 e. The lowest BCUT2D eigenvalue weighted by atomic mass is 9.76. The van der Waals surface area contributed by atoms with E-state index < -0.39 is 0 Å². The molecule has 0 saturated heterocycles. The van der Waals surface area contributed by atoms with Crippen molar-refractivity contribution in [3.63, 3.8) is 0 Å². The fourth-order valence-electron chi connectivity index (χ4n) is 1.45. The Labute approximate surface area is 58.0 Å². The summed E-state index contributed by atoms with van der Waals surface area (Å²) in [5.41, 5.74) is 0. The van der Waals surface area contributed by atoms with Gasteiger partial charge in [0.1, 0.15) is 0 Å². The van der Waals surface area contributed by atoms with Gasteiger partial charge in [0, 0.05) is 0 Å². The van der Waals surface area contributed by atoms with Crippen molar-refractivity contribution >= 4 is 0 Å². The summed E-state index contributed by atoms with van der Waals surface area (Å²) in [4.78, 5) is 0. The van der Waals surface area contributed by atoms with E-state index in [1.54, 1.807) is 0 Å². The minimum Gasteiger partial charge on any atom is -0.0885 e. The van der Waals surface area contributed by atoms with Crippen LogP contribution in [0.15, 0.2) is 12.2 Å². The van der Waals surface area contributed by atoms with Crippen molar-refractivity contribution in [1.82, 2.24) is 0 Å². The lowest BCUT2D eigenvalue weighted by Crippen LogP contribution is -2.18. The number of hydrogen-bond acceptors (Lipinski definition) is 0. The van der Waals surface area contributed by atoms with Crippen molar-refractivity contribution in [2.45, 2.75) is 33.1 Å². The van der Waals surface area contributed by atoms with Crippen LogP contribution in [0.4, 0.5) is 0 Å². The van der Waals surface area contributed by atoms with E-state index in [9.17, 15) is 0 Å². The van der Waals surface area contributed by atoms with Gasteiger partial charge in [-0.3, -0.25) is 0 Å². The van der Waals surface area contributed by atoms with Crippen LogP contribution in [0, 0.1) is 11.8 Å². The van der Waals surface area contributed by atoms with E-state index in [2.05, 4.69) is 26.0 Å². The molecule has 1 fully saturated rings. The quantitative estimate of drug-likeness (QED) is 0.496. The second-order valence-electron chi connectivity index (χ2n) is 3.17. The summed E-state index contributed by atoms with van der Waals surface area (Å²) in [7, 11) is 0. The molecule has 0 atom stereocenters. The van der Waals surface area contributed by atoms with Gasteiger partial charge in [-0.15, -0.1) is 0 Å². The molecule has 9 heavy (non-hydrogen) atoms. The highest BCUT2D eigenvalue weighted by molar-refractivity contribution is 4.94. The molecular formula is C9H16. The van der Waals surface area contributed by atoms with Gasteiger partial charge in [-0.1, -0.05) is 26.0 Å². The van der Waals surface area contributed by atoms with Crippen LogP contribution in [0.25, 0.3) is 0 Å². The maximum atomic E-state index is 2.38. The van der Waals surface area contributed by atoms with Crippen LogP contribution in [0.2, 0.25) is 0 Å². The monoisotopic (exact) mass is 124 g/mol. The van der Waals surface area contributed by atoms with E-state index in [1.807, 2.05) is 0 Å². The van der Waals surface area contributed by atoms with Crippen LogP contribution >= 0.6 is 0 Å².